The number of likely N-dealkylation sites (N-methyl/N-ethyl adjacent to an activating group) is 1. The monoisotopic (exact) mass is 512 g/mol. The van der Waals surface area contributed by atoms with Gasteiger partial charge in [-0.1, -0.05) is 39.8 Å². The van der Waals surface area contributed by atoms with Crippen LogP contribution in [0.3, 0.4) is 0 Å². The van der Waals surface area contributed by atoms with Crippen LogP contribution in [0.4, 0.5) is 16.3 Å². The predicted molar refractivity (Wildman–Crippen MR) is 140 cm³/mol. The van der Waals surface area contributed by atoms with Gasteiger partial charge in [0.1, 0.15) is 30.2 Å². The number of carbonyl (C=O) groups is 1. The number of aromatic nitrogens is 4. The molecule has 0 spiro atoms. The van der Waals surface area contributed by atoms with Crippen molar-refractivity contribution in [3.63, 3.8) is 0 Å². The van der Waals surface area contributed by atoms with Crippen molar-refractivity contribution >= 4 is 28.7 Å². The summed E-state index contributed by atoms with van der Waals surface area (Å²) in [7, 11) is 0. The molecule has 1 aliphatic heterocycles. The minimum atomic E-state index is -1.18. The summed E-state index contributed by atoms with van der Waals surface area (Å²) in [5, 5.41) is 27.1. The summed E-state index contributed by atoms with van der Waals surface area (Å²) in [6.45, 7) is 10.4. The van der Waals surface area contributed by atoms with Crippen LogP contribution in [0.5, 0.6) is 0 Å². The Bertz CT molecular complexity index is 1210. The third kappa shape index (κ3) is 5.99. The summed E-state index contributed by atoms with van der Waals surface area (Å²) in [6, 6.07) is 7.52. The van der Waals surface area contributed by atoms with E-state index in [1.54, 1.807) is 4.57 Å². The third-order valence-electron chi connectivity index (χ3n) is 6.61. The number of hydrogen-bond acceptors (Lipinski definition) is 9. The number of anilines is 2. The highest BCUT2D eigenvalue weighted by atomic mass is 16.6. The van der Waals surface area contributed by atoms with Gasteiger partial charge in [-0.2, -0.15) is 0 Å². The van der Waals surface area contributed by atoms with Crippen molar-refractivity contribution in [2.75, 3.05) is 37.2 Å². The number of ether oxygens (including phenoxy) is 1. The van der Waals surface area contributed by atoms with Gasteiger partial charge in [0.15, 0.2) is 17.7 Å². The first kappa shape index (κ1) is 26.7. The molecule has 37 heavy (non-hydrogen) atoms. The molecule has 0 saturated carbocycles. The Kier molecular flexibility index (Phi) is 7.93. The molecule has 1 saturated heterocycles. The number of nitrogens with two attached hydrogens (primary N) is 1. The van der Waals surface area contributed by atoms with Gasteiger partial charge in [0, 0.05) is 25.3 Å². The van der Waals surface area contributed by atoms with Crippen LogP contribution in [0, 0.1) is 0 Å². The molecule has 12 nitrogen and oxygen atoms in total. The minimum absolute atomic E-state index is 0.0476. The fraction of sp³-hybridized carbons (Fsp3) is 0.520. The van der Waals surface area contributed by atoms with Gasteiger partial charge < -0.3 is 31.3 Å². The molecule has 4 atom stereocenters. The molecule has 200 valence electrons. The van der Waals surface area contributed by atoms with Gasteiger partial charge in [-0.05, 0) is 29.7 Å². The zero-order valence-corrected chi connectivity index (χ0v) is 21.6. The van der Waals surface area contributed by atoms with E-state index in [4.69, 9.17) is 10.5 Å². The average molecular weight is 513 g/mol. The van der Waals surface area contributed by atoms with Crippen molar-refractivity contribution in [3.8, 4) is 0 Å². The summed E-state index contributed by atoms with van der Waals surface area (Å²) in [4.78, 5) is 26.7. The van der Waals surface area contributed by atoms with E-state index in [1.807, 2.05) is 36.1 Å². The van der Waals surface area contributed by atoms with Crippen molar-refractivity contribution in [1.82, 2.24) is 29.7 Å². The van der Waals surface area contributed by atoms with Gasteiger partial charge in [-0.3, -0.25) is 9.47 Å². The lowest BCUT2D eigenvalue weighted by atomic mass is 9.87. The first-order valence-corrected chi connectivity index (χ1v) is 12.4. The zero-order valence-electron chi connectivity index (χ0n) is 21.6. The first-order valence-electron chi connectivity index (χ1n) is 12.4. The maximum atomic E-state index is 12.3. The van der Waals surface area contributed by atoms with E-state index in [0.29, 0.717) is 37.3 Å². The number of fused-ring (bicyclic) bond motifs is 1. The van der Waals surface area contributed by atoms with Crippen molar-refractivity contribution in [2.24, 2.45) is 0 Å². The fourth-order valence-corrected chi connectivity index (χ4v) is 4.36. The maximum Gasteiger partial charge on any atom is 0.319 e. The number of carbonyl (C=O) groups excluding carboxylic acids is 1. The van der Waals surface area contributed by atoms with Crippen molar-refractivity contribution in [2.45, 2.75) is 57.6 Å². The van der Waals surface area contributed by atoms with Crippen LogP contribution in [0.1, 0.15) is 39.5 Å². The number of benzene rings is 1. The van der Waals surface area contributed by atoms with Crippen LogP contribution in [-0.2, 0) is 10.2 Å². The van der Waals surface area contributed by atoms with E-state index < -0.39 is 24.5 Å². The number of aliphatic hydroxyl groups excluding tert-OH is 2. The molecule has 4 rings (SSSR count). The quantitative estimate of drug-likeness (QED) is 0.301. The van der Waals surface area contributed by atoms with Gasteiger partial charge in [-0.15, -0.1) is 0 Å². The molecule has 1 aromatic carbocycles. The SMILES string of the molecule is CCN(CCNC(=O)Nc1ccc(C(C)(C)C)cc1)C[C@H]1O[C@@H](n2cnc3c(N)ncnc32)[C@H](O)[C@@H]1O. The lowest BCUT2D eigenvalue weighted by Crippen LogP contribution is -2.43. The molecule has 3 heterocycles. The van der Waals surface area contributed by atoms with Gasteiger partial charge in [0.2, 0.25) is 0 Å². The number of nitrogens with zero attached hydrogens (tertiary/aromatic N) is 5. The van der Waals surface area contributed by atoms with Crippen molar-refractivity contribution < 1.29 is 19.7 Å². The number of nitrogen functional groups attached to an aromatic ring is 1. The number of hydrogen-bond donors (Lipinski definition) is 5. The van der Waals surface area contributed by atoms with Crippen LogP contribution < -0.4 is 16.4 Å². The molecule has 12 heteroatoms. The van der Waals surface area contributed by atoms with E-state index >= 15 is 0 Å². The van der Waals surface area contributed by atoms with Crippen LogP contribution in [-0.4, -0.2) is 85.2 Å². The van der Waals surface area contributed by atoms with Gasteiger partial charge in [-0.25, -0.2) is 19.7 Å². The predicted octanol–water partition coefficient (Wildman–Crippen LogP) is 1.47. The molecular formula is C25H36N8O4. The lowest BCUT2D eigenvalue weighted by molar-refractivity contribution is -0.0436. The third-order valence-corrected chi connectivity index (χ3v) is 6.61. The summed E-state index contributed by atoms with van der Waals surface area (Å²) < 4.78 is 7.58. The molecule has 1 aliphatic rings. The Hall–Kier alpha value is -3.32. The molecule has 0 unspecified atom stereocenters. The Labute approximate surface area is 215 Å². The Morgan fingerprint density at radius 3 is 2.57 bits per heavy atom. The fourth-order valence-electron chi connectivity index (χ4n) is 4.36. The highest BCUT2D eigenvalue weighted by Gasteiger charge is 2.44. The lowest BCUT2D eigenvalue weighted by Gasteiger charge is -2.25. The standard InChI is InChI=1S/C25H36N8O4/c1-5-32(11-10-27-24(36)31-16-8-6-15(7-9-16)25(2,3)4)12-17-19(34)20(35)23(37-17)33-14-30-18-21(26)28-13-29-22(18)33/h6-9,13-14,17,19-20,23,34-35H,5,10-12H2,1-4H3,(H2,26,28,29)(H2,27,31,36)/t17-,19-,20-,23-/m1/s1. The largest absolute Gasteiger partial charge is 0.387 e. The van der Waals surface area contributed by atoms with Crippen molar-refractivity contribution in [3.05, 3.63) is 42.5 Å². The molecule has 0 bridgehead atoms. The van der Waals surface area contributed by atoms with E-state index in [-0.39, 0.29) is 17.3 Å². The van der Waals surface area contributed by atoms with Crippen molar-refractivity contribution in [1.29, 1.82) is 0 Å². The van der Waals surface area contributed by atoms with Gasteiger partial charge in [0.05, 0.1) is 6.33 Å². The number of amides is 2. The smallest absolute Gasteiger partial charge is 0.319 e. The Morgan fingerprint density at radius 1 is 1.16 bits per heavy atom. The molecular weight excluding hydrogens is 476 g/mol. The van der Waals surface area contributed by atoms with E-state index in [9.17, 15) is 15.0 Å². The molecule has 2 amide bonds. The molecule has 3 aromatic rings. The first-order chi connectivity index (χ1) is 17.6. The minimum Gasteiger partial charge on any atom is -0.387 e. The van der Waals surface area contributed by atoms with E-state index in [1.165, 1.54) is 18.2 Å². The molecule has 1 fully saturated rings. The number of imidazole rings is 1. The normalized spacial score (nSPS) is 22.0. The Balaban J connectivity index is 1.29. The average Bonchev–Trinajstić information content (AvgIpc) is 3.40. The maximum absolute atomic E-state index is 12.3. The molecule has 0 radical (unpaired) electrons. The van der Waals surface area contributed by atoms with Gasteiger partial charge >= 0.3 is 6.03 Å². The molecule has 6 N–H and O–H groups in total. The van der Waals surface area contributed by atoms with Crippen LogP contribution >= 0.6 is 0 Å². The van der Waals surface area contributed by atoms with Crippen LogP contribution in [0.2, 0.25) is 0 Å². The number of aliphatic hydroxyl groups is 2. The molecule has 2 aromatic heterocycles. The zero-order chi connectivity index (χ0) is 26.7. The Morgan fingerprint density at radius 2 is 1.89 bits per heavy atom. The summed E-state index contributed by atoms with van der Waals surface area (Å²) in [5.74, 6) is 0.226. The number of nitrogens with one attached hydrogen (secondary N) is 2. The summed E-state index contributed by atoms with van der Waals surface area (Å²) in [5.41, 5.74) is 8.64. The summed E-state index contributed by atoms with van der Waals surface area (Å²) in [6.07, 6.45) is -1.02. The topological polar surface area (TPSA) is 164 Å². The second-order valence-corrected chi connectivity index (χ2v) is 10.2. The summed E-state index contributed by atoms with van der Waals surface area (Å²) >= 11 is 0. The highest BCUT2D eigenvalue weighted by molar-refractivity contribution is 5.89. The number of rotatable bonds is 8. The van der Waals surface area contributed by atoms with Crippen LogP contribution in [0.15, 0.2) is 36.9 Å². The second kappa shape index (κ2) is 11.0. The van der Waals surface area contributed by atoms with E-state index in [2.05, 4.69) is 46.4 Å². The highest BCUT2D eigenvalue weighted by Crippen LogP contribution is 2.32. The number of urea groups is 1. The van der Waals surface area contributed by atoms with Crippen LogP contribution in [0.25, 0.3) is 11.2 Å². The molecule has 0 aliphatic carbocycles. The second-order valence-electron chi connectivity index (χ2n) is 10.2. The van der Waals surface area contributed by atoms with Gasteiger partial charge in [0.25, 0.3) is 0 Å². The van der Waals surface area contributed by atoms with E-state index in [0.717, 1.165) is 5.69 Å².